The maximum Gasteiger partial charge on any atom is 0.304 e. The van der Waals surface area contributed by atoms with Crippen LogP contribution in [-0.2, 0) is 26.3 Å². The number of amides is 2. The maximum atomic E-state index is 14.0. The van der Waals surface area contributed by atoms with Gasteiger partial charge in [0.05, 0.1) is 5.69 Å². The number of aryl methyl sites for hydroxylation is 2. The first-order valence-corrected chi connectivity index (χ1v) is 14.0. The van der Waals surface area contributed by atoms with Crippen LogP contribution in [0.5, 0.6) is 0 Å². The Morgan fingerprint density at radius 1 is 1.05 bits per heavy atom. The predicted octanol–water partition coefficient (Wildman–Crippen LogP) is 4.29. The number of nitrogens with zero attached hydrogens (tertiary/aromatic N) is 3. The normalized spacial score (nSPS) is 12.8. The van der Waals surface area contributed by atoms with Crippen LogP contribution in [0.15, 0.2) is 42.5 Å². The van der Waals surface area contributed by atoms with Crippen molar-refractivity contribution in [1.29, 1.82) is 0 Å². The van der Waals surface area contributed by atoms with Crippen molar-refractivity contribution in [2.45, 2.75) is 66.1 Å². The van der Waals surface area contributed by atoms with Gasteiger partial charge in [0.2, 0.25) is 11.8 Å². The third-order valence-corrected chi connectivity index (χ3v) is 8.01. The van der Waals surface area contributed by atoms with Gasteiger partial charge in [0.15, 0.2) is 0 Å². The average molecular weight is 551 g/mol. The van der Waals surface area contributed by atoms with E-state index in [2.05, 4.69) is 5.32 Å². The molecule has 0 spiro atoms. The minimum Gasteiger partial charge on any atom is -0.350 e. The molecule has 0 saturated carbocycles. The number of rotatable bonds is 10. The first kappa shape index (κ1) is 30.6. The van der Waals surface area contributed by atoms with Crippen LogP contribution in [0, 0.1) is 13.8 Å². The van der Waals surface area contributed by atoms with Crippen molar-refractivity contribution in [2.24, 2.45) is 0 Å². The number of halogens is 1. The summed E-state index contributed by atoms with van der Waals surface area (Å²) >= 11 is 6.41. The lowest BCUT2D eigenvalue weighted by molar-refractivity contribution is -0.141. The third kappa shape index (κ3) is 7.93. The highest BCUT2D eigenvalue weighted by molar-refractivity contribution is 7.90. The number of hydrogen-bond acceptors (Lipinski definition) is 4. The molecule has 2 aromatic carbocycles. The molecule has 0 aliphatic carbocycles. The Bertz CT molecular complexity index is 1230. The first-order valence-electron chi connectivity index (χ1n) is 12.2. The summed E-state index contributed by atoms with van der Waals surface area (Å²) in [5, 5.41) is 3.41. The second kappa shape index (κ2) is 12.3. The monoisotopic (exact) mass is 550 g/mol. The molecule has 2 aromatic rings. The van der Waals surface area contributed by atoms with Crippen LogP contribution < -0.4 is 9.62 Å². The van der Waals surface area contributed by atoms with Crippen molar-refractivity contribution in [3.8, 4) is 0 Å². The lowest BCUT2D eigenvalue weighted by atomic mass is 10.1. The number of anilines is 1. The summed E-state index contributed by atoms with van der Waals surface area (Å²) in [6.45, 7) is 10.6. The molecule has 204 valence electrons. The van der Waals surface area contributed by atoms with Gasteiger partial charge in [0, 0.05) is 31.2 Å². The fourth-order valence-corrected chi connectivity index (χ4v) is 5.18. The van der Waals surface area contributed by atoms with Crippen molar-refractivity contribution >= 4 is 39.3 Å². The Hall–Kier alpha value is -2.62. The van der Waals surface area contributed by atoms with Crippen molar-refractivity contribution in [2.75, 3.05) is 24.9 Å². The van der Waals surface area contributed by atoms with Gasteiger partial charge in [-0.2, -0.15) is 12.7 Å². The summed E-state index contributed by atoms with van der Waals surface area (Å²) in [7, 11) is -1.19. The summed E-state index contributed by atoms with van der Waals surface area (Å²) in [6.07, 6.45) is 0.335. The van der Waals surface area contributed by atoms with Gasteiger partial charge in [-0.15, -0.1) is 0 Å². The molecule has 0 aliphatic heterocycles. The van der Waals surface area contributed by atoms with Crippen molar-refractivity contribution in [3.63, 3.8) is 0 Å². The minimum atomic E-state index is -4.03. The molecule has 0 aromatic heterocycles. The van der Waals surface area contributed by atoms with E-state index < -0.39 is 34.2 Å². The van der Waals surface area contributed by atoms with Crippen molar-refractivity contribution in [3.05, 3.63) is 64.2 Å². The zero-order chi connectivity index (χ0) is 28.1. The lowest BCUT2D eigenvalue weighted by Crippen LogP contribution is -2.55. The minimum absolute atomic E-state index is 0.0528. The van der Waals surface area contributed by atoms with Gasteiger partial charge in [-0.25, -0.2) is 4.31 Å². The van der Waals surface area contributed by atoms with Crippen LogP contribution in [0.25, 0.3) is 0 Å². The molecule has 0 bridgehead atoms. The molecule has 10 heteroatoms. The first-order chi connectivity index (χ1) is 17.1. The van der Waals surface area contributed by atoms with E-state index >= 15 is 0 Å². The largest absolute Gasteiger partial charge is 0.350 e. The lowest BCUT2D eigenvalue weighted by Gasteiger charge is -2.35. The van der Waals surface area contributed by atoms with E-state index in [0.29, 0.717) is 28.3 Å². The fraction of sp³-hybridized carbons (Fsp3) is 0.481. The van der Waals surface area contributed by atoms with E-state index in [-0.39, 0.29) is 12.5 Å². The van der Waals surface area contributed by atoms with E-state index in [4.69, 9.17) is 11.6 Å². The Morgan fingerprint density at radius 2 is 1.68 bits per heavy atom. The van der Waals surface area contributed by atoms with Crippen molar-refractivity contribution in [1.82, 2.24) is 14.5 Å². The molecule has 0 unspecified atom stereocenters. The molecular weight excluding hydrogens is 512 g/mol. The second-order valence-corrected chi connectivity index (χ2v) is 12.8. The van der Waals surface area contributed by atoms with Gasteiger partial charge in [-0.1, -0.05) is 48.9 Å². The predicted molar refractivity (Wildman–Crippen MR) is 150 cm³/mol. The highest BCUT2D eigenvalue weighted by Crippen LogP contribution is 2.27. The number of hydrogen-bond donors (Lipinski definition) is 1. The molecule has 2 rings (SSSR count). The third-order valence-electron chi connectivity index (χ3n) is 5.83. The van der Waals surface area contributed by atoms with E-state index in [9.17, 15) is 18.0 Å². The molecule has 0 radical (unpaired) electrons. The molecular formula is C27H39ClN4O4S. The Labute approximate surface area is 226 Å². The van der Waals surface area contributed by atoms with Gasteiger partial charge in [0.25, 0.3) is 0 Å². The molecule has 0 fully saturated rings. The highest BCUT2D eigenvalue weighted by atomic mass is 35.5. The summed E-state index contributed by atoms with van der Waals surface area (Å²) in [5.74, 6) is -0.827. The van der Waals surface area contributed by atoms with E-state index in [0.717, 1.165) is 14.2 Å². The molecule has 2 amide bonds. The number of carbonyl (C=O) groups excluding carboxylic acids is 2. The van der Waals surface area contributed by atoms with Crippen LogP contribution in [0.2, 0.25) is 5.02 Å². The standard InChI is InChI=1S/C27H39ClN4O4S/c1-9-23(26(34)29-27(4,5)6)31(17-21-12-10-11-13-22(21)28)25(33)18-32(37(35,36)30(7)8)24-16-19(2)14-15-20(24)3/h10-16,23H,9,17-18H2,1-8H3,(H,29,34)/t23-/m0/s1. The average Bonchev–Trinajstić information content (AvgIpc) is 2.78. The van der Waals surface area contributed by atoms with E-state index in [1.165, 1.54) is 19.0 Å². The molecule has 0 heterocycles. The number of nitrogens with one attached hydrogen (secondary N) is 1. The summed E-state index contributed by atoms with van der Waals surface area (Å²) in [6, 6.07) is 11.7. The SMILES string of the molecule is CC[C@@H](C(=O)NC(C)(C)C)N(Cc1ccccc1Cl)C(=O)CN(c1cc(C)ccc1C)S(=O)(=O)N(C)C. The topological polar surface area (TPSA) is 90.0 Å². The summed E-state index contributed by atoms with van der Waals surface area (Å²) < 4.78 is 29.0. The molecule has 0 aliphatic rings. The van der Waals surface area contributed by atoms with Gasteiger partial charge in [0.1, 0.15) is 12.6 Å². The summed E-state index contributed by atoms with van der Waals surface area (Å²) in [5.41, 5.74) is 2.12. The van der Waals surface area contributed by atoms with Crippen LogP contribution in [0.3, 0.4) is 0 Å². The molecule has 8 nitrogen and oxygen atoms in total. The zero-order valence-electron chi connectivity index (χ0n) is 23.0. The molecule has 1 atom stereocenters. The Morgan fingerprint density at radius 3 is 2.22 bits per heavy atom. The van der Waals surface area contributed by atoms with Crippen LogP contribution in [0.4, 0.5) is 5.69 Å². The van der Waals surface area contributed by atoms with Crippen molar-refractivity contribution < 1.29 is 18.0 Å². The van der Waals surface area contributed by atoms with Gasteiger partial charge < -0.3 is 10.2 Å². The second-order valence-electron chi connectivity index (χ2n) is 10.4. The smallest absolute Gasteiger partial charge is 0.304 e. The molecule has 37 heavy (non-hydrogen) atoms. The van der Waals surface area contributed by atoms with Crippen LogP contribution in [0.1, 0.15) is 50.8 Å². The van der Waals surface area contributed by atoms with Gasteiger partial charge >= 0.3 is 10.2 Å². The Kier molecular flexibility index (Phi) is 10.2. The molecule has 0 saturated heterocycles. The Balaban J connectivity index is 2.59. The number of carbonyl (C=O) groups is 2. The van der Waals surface area contributed by atoms with Gasteiger partial charge in [-0.05, 0) is 69.9 Å². The molecule has 1 N–H and O–H groups in total. The maximum absolute atomic E-state index is 14.0. The fourth-order valence-electron chi connectivity index (χ4n) is 3.87. The highest BCUT2D eigenvalue weighted by Gasteiger charge is 2.35. The van der Waals surface area contributed by atoms with Crippen LogP contribution in [-0.4, -0.2) is 61.7 Å². The van der Waals surface area contributed by atoms with E-state index in [1.54, 1.807) is 37.3 Å². The van der Waals surface area contributed by atoms with Gasteiger partial charge in [-0.3, -0.25) is 9.59 Å². The quantitative estimate of drug-likeness (QED) is 0.478. The number of benzene rings is 2. The summed E-state index contributed by atoms with van der Waals surface area (Å²) in [4.78, 5) is 28.7. The zero-order valence-corrected chi connectivity index (χ0v) is 24.6. The van der Waals surface area contributed by atoms with Crippen LogP contribution >= 0.6 is 11.6 Å². The van der Waals surface area contributed by atoms with E-state index in [1.807, 2.05) is 46.8 Å².